The molecule has 0 saturated heterocycles. The molecule has 0 fully saturated rings. The van der Waals surface area contributed by atoms with Crippen LogP contribution in [0.5, 0.6) is 0 Å². The van der Waals surface area contributed by atoms with Crippen molar-refractivity contribution in [1.29, 1.82) is 0 Å². The minimum absolute atomic E-state index is 0.529. The van der Waals surface area contributed by atoms with Crippen LogP contribution in [0.2, 0.25) is 0 Å². The molecule has 0 aliphatic rings. The van der Waals surface area contributed by atoms with Gasteiger partial charge in [-0.25, -0.2) is 0 Å². The maximum Gasteiger partial charge on any atom is 0.276 e. The lowest BCUT2D eigenvalue weighted by atomic mass is 10.1. The average molecular weight is 325 g/mol. The second kappa shape index (κ2) is 6.96. The number of aromatic nitrogens is 3. The zero-order chi connectivity index (χ0) is 16.2. The van der Waals surface area contributed by atoms with Gasteiger partial charge in [0.1, 0.15) is 0 Å². The van der Waals surface area contributed by atoms with Gasteiger partial charge in [0.15, 0.2) is 0 Å². The fraction of sp³-hybridized carbons (Fsp3) is 0.278. The summed E-state index contributed by atoms with van der Waals surface area (Å²) in [6.07, 6.45) is 0. The summed E-state index contributed by atoms with van der Waals surface area (Å²) < 4.78 is 5.75. The van der Waals surface area contributed by atoms with Crippen LogP contribution in [-0.2, 0) is 0 Å². The van der Waals surface area contributed by atoms with Crippen molar-refractivity contribution in [2.75, 3.05) is 5.75 Å². The highest BCUT2D eigenvalue weighted by Crippen LogP contribution is 2.27. The molecule has 0 saturated carbocycles. The van der Waals surface area contributed by atoms with Gasteiger partial charge in [-0.15, -0.1) is 10.2 Å². The van der Waals surface area contributed by atoms with Crippen LogP contribution in [0, 0.1) is 12.8 Å². The fourth-order valence-electron chi connectivity index (χ4n) is 2.17. The normalized spacial score (nSPS) is 11.1. The molecular formula is C18H19N3OS. The number of nitrogens with zero attached hydrogens (tertiary/aromatic N) is 3. The molecule has 23 heavy (non-hydrogen) atoms. The van der Waals surface area contributed by atoms with E-state index < -0.39 is 0 Å². The summed E-state index contributed by atoms with van der Waals surface area (Å²) in [4.78, 5) is 4.67. The number of pyridine rings is 1. The highest BCUT2D eigenvalue weighted by molar-refractivity contribution is 7.99. The van der Waals surface area contributed by atoms with E-state index >= 15 is 0 Å². The predicted molar refractivity (Wildman–Crippen MR) is 93.3 cm³/mol. The molecule has 0 aliphatic heterocycles. The second-order valence-corrected chi connectivity index (χ2v) is 6.74. The number of thioether (sulfide) groups is 1. The van der Waals surface area contributed by atoms with Gasteiger partial charge in [-0.3, -0.25) is 4.98 Å². The first-order chi connectivity index (χ1) is 11.1. The zero-order valence-corrected chi connectivity index (χ0v) is 14.3. The smallest absolute Gasteiger partial charge is 0.276 e. The Hall–Kier alpha value is -2.14. The molecule has 3 rings (SSSR count). The fourth-order valence-corrected chi connectivity index (χ4v) is 2.88. The molecule has 118 valence electrons. The second-order valence-electron chi connectivity index (χ2n) is 5.77. The first-order valence-electron chi connectivity index (χ1n) is 7.63. The van der Waals surface area contributed by atoms with Crippen molar-refractivity contribution in [3.05, 3.63) is 48.2 Å². The van der Waals surface area contributed by atoms with Gasteiger partial charge in [-0.1, -0.05) is 55.9 Å². The summed E-state index contributed by atoms with van der Waals surface area (Å²) in [6.45, 7) is 6.30. The molecule has 3 aromatic rings. The topological polar surface area (TPSA) is 51.8 Å². The monoisotopic (exact) mass is 325 g/mol. The molecule has 0 atom stereocenters. The van der Waals surface area contributed by atoms with Crippen LogP contribution in [0.1, 0.15) is 19.5 Å². The van der Waals surface area contributed by atoms with Crippen LogP contribution in [0.25, 0.3) is 22.7 Å². The standard InChI is InChI=1S/C18H19N3OS/c1-12(2)11-23-18-21-20-17(22-18)15-9-10-16(19-13(15)3)14-7-5-4-6-8-14/h4-10,12H,11H2,1-3H3. The van der Waals surface area contributed by atoms with Crippen molar-refractivity contribution in [2.24, 2.45) is 5.92 Å². The van der Waals surface area contributed by atoms with E-state index in [4.69, 9.17) is 4.42 Å². The van der Waals surface area contributed by atoms with Crippen molar-refractivity contribution in [2.45, 2.75) is 26.0 Å². The van der Waals surface area contributed by atoms with Gasteiger partial charge in [-0.2, -0.15) is 0 Å². The molecule has 0 amide bonds. The number of rotatable bonds is 5. The Morgan fingerprint density at radius 3 is 2.52 bits per heavy atom. The van der Waals surface area contributed by atoms with Gasteiger partial charge in [0.2, 0.25) is 0 Å². The molecule has 2 heterocycles. The van der Waals surface area contributed by atoms with Crippen molar-refractivity contribution in [3.63, 3.8) is 0 Å². The maximum atomic E-state index is 5.75. The number of hydrogen-bond donors (Lipinski definition) is 0. The van der Waals surface area contributed by atoms with E-state index in [0.717, 1.165) is 28.3 Å². The van der Waals surface area contributed by atoms with Gasteiger partial charge < -0.3 is 4.42 Å². The zero-order valence-electron chi connectivity index (χ0n) is 13.5. The highest BCUT2D eigenvalue weighted by Gasteiger charge is 2.13. The van der Waals surface area contributed by atoms with Crippen molar-refractivity contribution < 1.29 is 4.42 Å². The molecule has 0 N–H and O–H groups in total. The predicted octanol–water partition coefficient (Wildman–Crippen LogP) is 4.86. The molecule has 1 aromatic carbocycles. The molecule has 0 spiro atoms. The van der Waals surface area contributed by atoms with E-state index in [1.54, 1.807) is 11.8 Å². The third-order valence-corrected chi connectivity index (χ3v) is 4.58. The van der Waals surface area contributed by atoms with Crippen molar-refractivity contribution >= 4 is 11.8 Å². The van der Waals surface area contributed by atoms with Crippen molar-refractivity contribution in [3.8, 4) is 22.7 Å². The lowest BCUT2D eigenvalue weighted by molar-refractivity contribution is 0.464. The summed E-state index contributed by atoms with van der Waals surface area (Å²) in [7, 11) is 0. The Balaban J connectivity index is 1.84. The first-order valence-corrected chi connectivity index (χ1v) is 8.62. The summed E-state index contributed by atoms with van der Waals surface area (Å²) in [5, 5.41) is 8.87. The largest absolute Gasteiger partial charge is 0.411 e. The van der Waals surface area contributed by atoms with Gasteiger partial charge in [-0.05, 0) is 25.0 Å². The minimum atomic E-state index is 0.529. The summed E-state index contributed by atoms with van der Waals surface area (Å²) >= 11 is 1.59. The SMILES string of the molecule is Cc1nc(-c2ccccc2)ccc1-c1nnc(SCC(C)C)o1. The molecule has 4 nitrogen and oxygen atoms in total. The summed E-state index contributed by atoms with van der Waals surface area (Å²) in [5.74, 6) is 2.08. The lowest BCUT2D eigenvalue weighted by Crippen LogP contribution is -1.91. The quantitative estimate of drug-likeness (QED) is 0.627. The highest BCUT2D eigenvalue weighted by atomic mass is 32.2. The average Bonchev–Trinajstić information content (AvgIpc) is 3.02. The Morgan fingerprint density at radius 1 is 1.04 bits per heavy atom. The van der Waals surface area contributed by atoms with E-state index in [0.29, 0.717) is 17.0 Å². The van der Waals surface area contributed by atoms with Crippen LogP contribution < -0.4 is 0 Å². The Morgan fingerprint density at radius 2 is 1.83 bits per heavy atom. The van der Waals surface area contributed by atoms with E-state index in [1.165, 1.54) is 0 Å². The van der Waals surface area contributed by atoms with Crippen LogP contribution in [0.3, 0.4) is 0 Å². The number of aryl methyl sites for hydroxylation is 1. The summed E-state index contributed by atoms with van der Waals surface area (Å²) in [6, 6.07) is 14.1. The van der Waals surface area contributed by atoms with Crippen LogP contribution >= 0.6 is 11.8 Å². The third-order valence-electron chi connectivity index (χ3n) is 3.33. The van der Waals surface area contributed by atoms with Crippen LogP contribution in [0.4, 0.5) is 0 Å². The Kier molecular flexibility index (Phi) is 4.76. The van der Waals surface area contributed by atoms with E-state index in [-0.39, 0.29) is 0 Å². The minimum Gasteiger partial charge on any atom is -0.411 e. The molecule has 5 heteroatoms. The molecular weight excluding hydrogens is 306 g/mol. The molecule has 2 aromatic heterocycles. The van der Waals surface area contributed by atoms with Crippen LogP contribution in [0.15, 0.2) is 52.1 Å². The van der Waals surface area contributed by atoms with E-state index in [1.807, 2.05) is 37.3 Å². The van der Waals surface area contributed by atoms with Gasteiger partial charge in [0.25, 0.3) is 11.1 Å². The van der Waals surface area contributed by atoms with Gasteiger partial charge >= 0.3 is 0 Å². The van der Waals surface area contributed by atoms with E-state index in [2.05, 4.69) is 41.2 Å². The maximum absolute atomic E-state index is 5.75. The molecule has 0 radical (unpaired) electrons. The Bertz CT molecular complexity index is 784. The number of hydrogen-bond acceptors (Lipinski definition) is 5. The molecule has 0 bridgehead atoms. The lowest BCUT2D eigenvalue weighted by Gasteiger charge is -2.05. The van der Waals surface area contributed by atoms with E-state index in [9.17, 15) is 0 Å². The van der Waals surface area contributed by atoms with Gasteiger partial charge in [0.05, 0.1) is 17.0 Å². The van der Waals surface area contributed by atoms with Crippen LogP contribution in [-0.4, -0.2) is 20.9 Å². The summed E-state index contributed by atoms with van der Waals surface area (Å²) in [5.41, 5.74) is 3.81. The molecule has 0 aliphatic carbocycles. The third kappa shape index (κ3) is 3.79. The van der Waals surface area contributed by atoms with Crippen molar-refractivity contribution in [1.82, 2.24) is 15.2 Å². The number of benzene rings is 1. The van der Waals surface area contributed by atoms with Gasteiger partial charge in [0, 0.05) is 11.3 Å². The first kappa shape index (κ1) is 15.7. The Labute approximate surface area is 140 Å². The molecule has 0 unspecified atom stereocenters.